The zero-order chi connectivity index (χ0) is 19.9. The van der Waals surface area contributed by atoms with Gasteiger partial charge >= 0.3 is 0 Å². The summed E-state index contributed by atoms with van der Waals surface area (Å²) in [6.07, 6.45) is 15.1. The van der Waals surface area contributed by atoms with Crippen molar-refractivity contribution in [2.75, 3.05) is 32.7 Å². The van der Waals surface area contributed by atoms with Gasteiger partial charge in [-0.05, 0) is 75.4 Å². The Balaban J connectivity index is 1.18. The number of aromatic nitrogens is 1. The summed E-state index contributed by atoms with van der Waals surface area (Å²) in [5.41, 5.74) is 1.35. The normalized spacial score (nSPS) is 25.3. The van der Waals surface area contributed by atoms with Crippen LogP contribution in [0.2, 0.25) is 0 Å². The largest absolute Gasteiger partial charge is 0.356 e. The van der Waals surface area contributed by atoms with Crippen molar-refractivity contribution >= 4 is 5.91 Å². The van der Waals surface area contributed by atoms with E-state index in [1.807, 2.05) is 12.4 Å². The molecule has 1 atom stereocenters. The smallest absolute Gasteiger partial charge is 0.224 e. The first-order valence-electron chi connectivity index (χ1n) is 11.9. The predicted molar refractivity (Wildman–Crippen MR) is 116 cm³/mol. The van der Waals surface area contributed by atoms with Crippen LogP contribution in [0.15, 0.2) is 24.5 Å². The lowest BCUT2D eigenvalue weighted by atomic mass is 9.93. The summed E-state index contributed by atoms with van der Waals surface area (Å²) >= 11 is 0. The third kappa shape index (κ3) is 6.02. The van der Waals surface area contributed by atoms with Crippen LogP contribution in [0.5, 0.6) is 0 Å². The summed E-state index contributed by atoms with van der Waals surface area (Å²) < 4.78 is 0. The number of carbonyl (C=O) groups excluding carboxylic acids is 1. The van der Waals surface area contributed by atoms with Gasteiger partial charge in [0.05, 0.1) is 5.92 Å². The Bertz CT molecular complexity index is 623. The molecule has 5 nitrogen and oxygen atoms in total. The minimum absolute atomic E-state index is 0.196. The summed E-state index contributed by atoms with van der Waals surface area (Å²) in [7, 11) is 0. The molecule has 1 aliphatic carbocycles. The summed E-state index contributed by atoms with van der Waals surface area (Å²) in [6, 6.07) is 4.89. The highest BCUT2D eigenvalue weighted by Crippen LogP contribution is 2.27. The molecule has 3 fully saturated rings. The predicted octanol–water partition coefficient (Wildman–Crippen LogP) is 3.45. The van der Waals surface area contributed by atoms with E-state index >= 15 is 0 Å². The lowest BCUT2D eigenvalue weighted by molar-refractivity contribution is -0.127. The fourth-order valence-electron chi connectivity index (χ4n) is 5.58. The van der Waals surface area contributed by atoms with Gasteiger partial charge in [-0.25, -0.2) is 0 Å². The van der Waals surface area contributed by atoms with Gasteiger partial charge in [-0.1, -0.05) is 25.7 Å². The SMILES string of the molecule is O=C(NCCC1CCCC1)[C@@H]1CCCN(C2CCN(Cc3ccncc3)CC2)C1. The van der Waals surface area contributed by atoms with Crippen LogP contribution in [-0.4, -0.2) is 59.5 Å². The second kappa shape index (κ2) is 10.5. The van der Waals surface area contributed by atoms with E-state index in [0.29, 0.717) is 11.9 Å². The molecule has 1 amide bonds. The maximum absolute atomic E-state index is 12.7. The first-order valence-corrected chi connectivity index (χ1v) is 11.9. The fourth-order valence-corrected chi connectivity index (χ4v) is 5.58. The maximum Gasteiger partial charge on any atom is 0.224 e. The molecule has 1 saturated carbocycles. The second-order valence-electron chi connectivity index (χ2n) is 9.43. The van der Waals surface area contributed by atoms with Gasteiger partial charge in [0.25, 0.3) is 0 Å². The van der Waals surface area contributed by atoms with Crippen LogP contribution in [0, 0.1) is 11.8 Å². The van der Waals surface area contributed by atoms with Crippen molar-refractivity contribution < 1.29 is 4.79 Å². The molecule has 2 aliphatic heterocycles. The van der Waals surface area contributed by atoms with E-state index in [0.717, 1.165) is 51.5 Å². The van der Waals surface area contributed by atoms with E-state index in [-0.39, 0.29) is 5.92 Å². The minimum atomic E-state index is 0.196. The van der Waals surface area contributed by atoms with E-state index in [4.69, 9.17) is 0 Å². The molecule has 3 heterocycles. The van der Waals surface area contributed by atoms with Crippen LogP contribution in [0.3, 0.4) is 0 Å². The number of rotatable bonds is 7. The molecule has 4 rings (SSSR count). The van der Waals surface area contributed by atoms with Crippen molar-refractivity contribution in [2.24, 2.45) is 11.8 Å². The number of piperidine rings is 2. The van der Waals surface area contributed by atoms with Crippen molar-refractivity contribution in [1.82, 2.24) is 20.1 Å². The molecule has 1 N–H and O–H groups in total. The van der Waals surface area contributed by atoms with Crippen molar-refractivity contribution in [3.63, 3.8) is 0 Å². The molecule has 2 saturated heterocycles. The molecule has 29 heavy (non-hydrogen) atoms. The Labute approximate surface area is 176 Å². The van der Waals surface area contributed by atoms with Gasteiger partial charge in [-0.2, -0.15) is 0 Å². The van der Waals surface area contributed by atoms with Crippen molar-refractivity contribution in [2.45, 2.75) is 70.4 Å². The summed E-state index contributed by atoms with van der Waals surface area (Å²) in [4.78, 5) is 22.0. The van der Waals surface area contributed by atoms with E-state index in [1.54, 1.807) is 0 Å². The lowest BCUT2D eigenvalue weighted by Gasteiger charge is -2.42. The minimum Gasteiger partial charge on any atom is -0.356 e. The van der Waals surface area contributed by atoms with E-state index in [2.05, 4.69) is 32.2 Å². The number of likely N-dealkylation sites (tertiary alicyclic amines) is 2. The fraction of sp³-hybridized carbons (Fsp3) is 0.750. The lowest BCUT2D eigenvalue weighted by Crippen LogP contribution is -2.50. The summed E-state index contributed by atoms with van der Waals surface area (Å²) in [5, 5.41) is 3.26. The van der Waals surface area contributed by atoms with Gasteiger partial charge in [0, 0.05) is 38.1 Å². The third-order valence-corrected chi connectivity index (χ3v) is 7.38. The van der Waals surface area contributed by atoms with Gasteiger partial charge in [0.15, 0.2) is 0 Å². The molecule has 0 spiro atoms. The van der Waals surface area contributed by atoms with Crippen molar-refractivity contribution in [1.29, 1.82) is 0 Å². The molecule has 3 aliphatic rings. The van der Waals surface area contributed by atoms with Crippen molar-refractivity contribution in [3.05, 3.63) is 30.1 Å². The van der Waals surface area contributed by atoms with Crippen LogP contribution in [-0.2, 0) is 11.3 Å². The zero-order valence-electron chi connectivity index (χ0n) is 17.9. The maximum atomic E-state index is 12.7. The summed E-state index contributed by atoms with van der Waals surface area (Å²) in [6.45, 7) is 6.35. The molecule has 160 valence electrons. The van der Waals surface area contributed by atoms with Gasteiger partial charge in [-0.15, -0.1) is 0 Å². The number of pyridine rings is 1. The van der Waals surface area contributed by atoms with Gasteiger partial charge in [-0.3, -0.25) is 19.6 Å². The third-order valence-electron chi connectivity index (χ3n) is 7.38. The molecule has 1 aromatic rings. The molecular weight excluding hydrogens is 360 g/mol. The van der Waals surface area contributed by atoms with Gasteiger partial charge < -0.3 is 5.32 Å². The van der Waals surface area contributed by atoms with Crippen LogP contribution in [0.4, 0.5) is 0 Å². The number of nitrogens with zero attached hydrogens (tertiary/aromatic N) is 3. The molecule has 0 aromatic carbocycles. The number of carbonyl (C=O) groups is 1. The monoisotopic (exact) mass is 398 g/mol. The van der Waals surface area contributed by atoms with E-state index in [9.17, 15) is 4.79 Å². The number of hydrogen-bond acceptors (Lipinski definition) is 4. The number of hydrogen-bond donors (Lipinski definition) is 1. The number of nitrogens with one attached hydrogen (secondary N) is 1. The van der Waals surface area contributed by atoms with Crippen LogP contribution in [0.25, 0.3) is 0 Å². The van der Waals surface area contributed by atoms with Gasteiger partial charge in [0.1, 0.15) is 0 Å². The Kier molecular flexibility index (Phi) is 7.55. The molecule has 1 aromatic heterocycles. The second-order valence-corrected chi connectivity index (χ2v) is 9.43. The highest BCUT2D eigenvalue weighted by Gasteiger charge is 2.31. The van der Waals surface area contributed by atoms with E-state index < -0.39 is 0 Å². The van der Waals surface area contributed by atoms with Gasteiger partial charge in [0.2, 0.25) is 5.91 Å². The Morgan fingerprint density at radius 2 is 1.76 bits per heavy atom. The summed E-state index contributed by atoms with van der Waals surface area (Å²) in [5.74, 6) is 1.36. The van der Waals surface area contributed by atoms with Crippen LogP contribution >= 0.6 is 0 Å². The van der Waals surface area contributed by atoms with E-state index in [1.165, 1.54) is 57.1 Å². The molecule has 5 heteroatoms. The average Bonchev–Trinajstić information content (AvgIpc) is 3.29. The number of amides is 1. The first-order chi connectivity index (χ1) is 14.3. The Morgan fingerprint density at radius 1 is 1.00 bits per heavy atom. The zero-order valence-corrected chi connectivity index (χ0v) is 17.9. The topological polar surface area (TPSA) is 48.5 Å². The molecule has 0 radical (unpaired) electrons. The molecule has 0 bridgehead atoms. The quantitative estimate of drug-likeness (QED) is 0.764. The van der Waals surface area contributed by atoms with Crippen molar-refractivity contribution in [3.8, 4) is 0 Å². The molecular formula is C24H38N4O. The average molecular weight is 399 g/mol. The highest BCUT2D eigenvalue weighted by atomic mass is 16.1. The Hall–Kier alpha value is -1.46. The standard InChI is InChI=1S/C24H38N4O/c29-24(26-14-9-20-4-1-2-5-20)22-6-3-15-28(19-22)23-10-16-27(17-11-23)18-21-7-12-25-13-8-21/h7-8,12-13,20,22-23H,1-6,9-11,14-19H2,(H,26,29)/t22-/m1/s1. The highest BCUT2D eigenvalue weighted by molar-refractivity contribution is 5.78. The Morgan fingerprint density at radius 3 is 2.52 bits per heavy atom. The van der Waals surface area contributed by atoms with Crippen LogP contribution in [0.1, 0.15) is 63.4 Å². The van der Waals surface area contributed by atoms with Crippen LogP contribution < -0.4 is 5.32 Å². The molecule has 0 unspecified atom stereocenters. The first kappa shape index (κ1) is 20.8.